The van der Waals surface area contributed by atoms with E-state index in [1.165, 1.54) is 9.78 Å². The third-order valence-corrected chi connectivity index (χ3v) is 5.66. The van der Waals surface area contributed by atoms with E-state index in [0.717, 1.165) is 25.3 Å². The first-order valence-corrected chi connectivity index (χ1v) is 10.5. The SMILES string of the molecule is CCNC(=NCCCCN1C(=O)c2ccccc2C1=O)NC(C)c1cccs1. The van der Waals surface area contributed by atoms with Crippen molar-refractivity contribution in [3.05, 3.63) is 57.8 Å². The number of imide groups is 1. The van der Waals surface area contributed by atoms with Gasteiger partial charge in [-0.15, -0.1) is 11.3 Å². The first-order valence-electron chi connectivity index (χ1n) is 9.65. The average Bonchev–Trinajstić information content (AvgIpc) is 3.31. The zero-order chi connectivity index (χ0) is 19.9. The molecule has 1 aromatic heterocycles. The molecule has 0 fully saturated rings. The van der Waals surface area contributed by atoms with Crippen molar-refractivity contribution in [2.24, 2.45) is 4.99 Å². The highest BCUT2D eigenvalue weighted by molar-refractivity contribution is 7.10. The van der Waals surface area contributed by atoms with Crippen molar-refractivity contribution in [1.82, 2.24) is 15.5 Å². The molecule has 2 amide bonds. The summed E-state index contributed by atoms with van der Waals surface area (Å²) in [5.41, 5.74) is 1.01. The highest BCUT2D eigenvalue weighted by Crippen LogP contribution is 2.22. The molecule has 0 bridgehead atoms. The summed E-state index contributed by atoms with van der Waals surface area (Å²) in [7, 11) is 0. The third kappa shape index (κ3) is 4.59. The van der Waals surface area contributed by atoms with Gasteiger partial charge < -0.3 is 10.6 Å². The van der Waals surface area contributed by atoms with Gasteiger partial charge in [0.2, 0.25) is 0 Å². The zero-order valence-electron chi connectivity index (χ0n) is 16.3. The van der Waals surface area contributed by atoms with E-state index in [1.807, 2.05) is 13.0 Å². The Bertz CT molecular complexity index is 813. The zero-order valence-corrected chi connectivity index (χ0v) is 17.1. The summed E-state index contributed by atoms with van der Waals surface area (Å²) in [6, 6.07) is 11.3. The number of nitrogens with zero attached hydrogens (tertiary/aromatic N) is 2. The number of hydrogen-bond acceptors (Lipinski definition) is 4. The summed E-state index contributed by atoms with van der Waals surface area (Å²) >= 11 is 1.72. The Morgan fingerprint density at radius 3 is 2.43 bits per heavy atom. The minimum atomic E-state index is -0.191. The maximum absolute atomic E-state index is 12.4. The molecule has 6 nitrogen and oxygen atoms in total. The monoisotopic (exact) mass is 398 g/mol. The van der Waals surface area contributed by atoms with Crippen molar-refractivity contribution >= 4 is 29.1 Å². The van der Waals surface area contributed by atoms with E-state index in [0.29, 0.717) is 24.2 Å². The molecule has 2 aromatic rings. The number of guanidine groups is 1. The largest absolute Gasteiger partial charge is 0.357 e. The van der Waals surface area contributed by atoms with Crippen LogP contribution in [0, 0.1) is 0 Å². The van der Waals surface area contributed by atoms with Gasteiger partial charge in [0.1, 0.15) is 0 Å². The van der Waals surface area contributed by atoms with Crippen LogP contribution in [-0.2, 0) is 0 Å². The molecule has 0 saturated carbocycles. The van der Waals surface area contributed by atoms with Gasteiger partial charge in [-0.05, 0) is 50.3 Å². The molecule has 0 saturated heterocycles. The van der Waals surface area contributed by atoms with Crippen LogP contribution in [0.4, 0.5) is 0 Å². The standard InChI is InChI=1S/C21H26N4O2S/c1-3-22-21(24-15(2)18-11-8-14-28-18)23-12-6-7-13-25-19(26)16-9-4-5-10-17(16)20(25)27/h4-5,8-11,14-15H,3,6-7,12-13H2,1-2H3,(H2,22,23,24). The molecule has 148 valence electrons. The lowest BCUT2D eigenvalue weighted by Crippen LogP contribution is -2.38. The van der Waals surface area contributed by atoms with Crippen LogP contribution >= 0.6 is 11.3 Å². The van der Waals surface area contributed by atoms with E-state index in [1.54, 1.807) is 35.6 Å². The summed E-state index contributed by atoms with van der Waals surface area (Å²) < 4.78 is 0. The summed E-state index contributed by atoms with van der Waals surface area (Å²) in [5, 5.41) is 8.73. The quantitative estimate of drug-likeness (QED) is 0.309. The van der Waals surface area contributed by atoms with E-state index in [9.17, 15) is 9.59 Å². The lowest BCUT2D eigenvalue weighted by Gasteiger charge is -2.17. The molecule has 28 heavy (non-hydrogen) atoms. The second-order valence-electron chi connectivity index (χ2n) is 6.66. The van der Waals surface area contributed by atoms with Gasteiger partial charge in [-0.3, -0.25) is 19.5 Å². The van der Waals surface area contributed by atoms with Crippen LogP contribution in [0.2, 0.25) is 0 Å². The molecular weight excluding hydrogens is 372 g/mol. The smallest absolute Gasteiger partial charge is 0.261 e. The van der Waals surface area contributed by atoms with Crippen LogP contribution in [0.3, 0.4) is 0 Å². The Labute approximate surface area is 169 Å². The fraction of sp³-hybridized carbons (Fsp3) is 0.381. The summed E-state index contributed by atoms with van der Waals surface area (Å²) in [6.07, 6.45) is 1.53. The van der Waals surface area contributed by atoms with Crippen LogP contribution in [0.1, 0.15) is 58.3 Å². The number of fused-ring (bicyclic) bond motifs is 1. The van der Waals surface area contributed by atoms with Crippen LogP contribution in [0.15, 0.2) is 46.8 Å². The van der Waals surface area contributed by atoms with E-state index >= 15 is 0 Å². The second kappa shape index (κ2) is 9.50. The van der Waals surface area contributed by atoms with Crippen molar-refractivity contribution in [2.45, 2.75) is 32.7 Å². The van der Waals surface area contributed by atoms with Crippen LogP contribution < -0.4 is 10.6 Å². The van der Waals surface area contributed by atoms with Gasteiger partial charge in [-0.1, -0.05) is 18.2 Å². The van der Waals surface area contributed by atoms with E-state index < -0.39 is 0 Å². The minimum absolute atomic E-state index is 0.191. The summed E-state index contributed by atoms with van der Waals surface area (Å²) in [6.45, 7) is 6.00. The molecule has 0 spiro atoms. The topological polar surface area (TPSA) is 73.8 Å². The van der Waals surface area contributed by atoms with Gasteiger partial charge in [-0.25, -0.2) is 0 Å². The number of aliphatic imine (C=N–C) groups is 1. The van der Waals surface area contributed by atoms with Crippen molar-refractivity contribution in [3.63, 3.8) is 0 Å². The van der Waals surface area contributed by atoms with Gasteiger partial charge in [-0.2, -0.15) is 0 Å². The molecule has 1 aromatic carbocycles. The number of benzene rings is 1. The average molecular weight is 399 g/mol. The number of carbonyl (C=O) groups is 2. The summed E-state index contributed by atoms with van der Waals surface area (Å²) in [4.78, 5) is 31.9. The van der Waals surface area contributed by atoms with Gasteiger partial charge in [0.05, 0.1) is 17.2 Å². The highest BCUT2D eigenvalue weighted by Gasteiger charge is 2.34. The number of amides is 2. The van der Waals surface area contributed by atoms with Crippen molar-refractivity contribution < 1.29 is 9.59 Å². The lowest BCUT2D eigenvalue weighted by atomic mass is 10.1. The van der Waals surface area contributed by atoms with Gasteiger partial charge in [0, 0.05) is 24.5 Å². The predicted octanol–water partition coefficient (Wildman–Crippen LogP) is 3.44. The minimum Gasteiger partial charge on any atom is -0.357 e. The van der Waals surface area contributed by atoms with Crippen molar-refractivity contribution in [2.75, 3.05) is 19.6 Å². The Kier molecular flexibility index (Phi) is 6.81. The first-order chi connectivity index (χ1) is 13.6. The van der Waals surface area contributed by atoms with E-state index in [4.69, 9.17) is 0 Å². The molecule has 7 heteroatoms. The van der Waals surface area contributed by atoms with Crippen molar-refractivity contribution in [1.29, 1.82) is 0 Å². The Balaban J connectivity index is 1.47. The Hall–Kier alpha value is -2.67. The summed E-state index contributed by atoms with van der Waals surface area (Å²) in [5.74, 6) is 0.400. The number of nitrogens with one attached hydrogen (secondary N) is 2. The maximum atomic E-state index is 12.4. The fourth-order valence-electron chi connectivity index (χ4n) is 3.15. The van der Waals surface area contributed by atoms with Crippen LogP contribution in [-0.4, -0.2) is 42.3 Å². The molecule has 3 rings (SSSR count). The van der Waals surface area contributed by atoms with Gasteiger partial charge >= 0.3 is 0 Å². The number of hydrogen-bond donors (Lipinski definition) is 2. The molecule has 2 heterocycles. The molecule has 0 radical (unpaired) electrons. The molecule has 1 atom stereocenters. The predicted molar refractivity (Wildman–Crippen MR) is 113 cm³/mol. The molecule has 1 unspecified atom stereocenters. The van der Waals surface area contributed by atoms with Crippen LogP contribution in [0.25, 0.3) is 0 Å². The van der Waals surface area contributed by atoms with E-state index in [2.05, 4.69) is 34.0 Å². The van der Waals surface area contributed by atoms with Gasteiger partial charge in [0.15, 0.2) is 5.96 Å². The Morgan fingerprint density at radius 1 is 1.11 bits per heavy atom. The highest BCUT2D eigenvalue weighted by atomic mass is 32.1. The number of rotatable bonds is 8. The van der Waals surface area contributed by atoms with Crippen LogP contribution in [0.5, 0.6) is 0 Å². The third-order valence-electron chi connectivity index (χ3n) is 4.61. The molecular formula is C21H26N4O2S. The number of carbonyl (C=O) groups excluding carboxylic acids is 2. The fourth-order valence-corrected chi connectivity index (χ4v) is 3.88. The maximum Gasteiger partial charge on any atom is 0.261 e. The number of thiophene rings is 1. The van der Waals surface area contributed by atoms with Crippen molar-refractivity contribution in [3.8, 4) is 0 Å². The molecule has 0 aliphatic carbocycles. The van der Waals surface area contributed by atoms with Gasteiger partial charge in [0.25, 0.3) is 11.8 Å². The molecule has 1 aliphatic heterocycles. The first kappa shape index (κ1) is 20.1. The van der Waals surface area contributed by atoms with E-state index in [-0.39, 0.29) is 17.9 Å². The molecule has 1 aliphatic rings. The lowest BCUT2D eigenvalue weighted by molar-refractivity contribution is 0.0652. The molecule has 2 N–H and O–H groups in total. The second-order valence-corrected chi connectivity index (χ2v) is 7.64. The Morgan fingerprint density at radius 2 is 1.82 bits per heavy atom. The normalized spacial score (nSPS) is 14.9. The number of unbranched alkanes of at least 4 members (excludes halogenated alkanes) is 1.